The van der Waals surface area contributed by atoms with Gasteiger partial charge in [0.1, 0.15) is 22.3 Å². The standard InChI is InChI=1S/C64H38O2/c1-3-15-39(16-4-1)43-21-11-25-49-53(43)37-54-44(40-17-5-2-6-18-40)22-12-26-50(54)63(49)64-51-27-13-23-45(41-31-33-61-57(35-41)47-19-7-9-29-59(47)65-61)55(51)38-56-46(24-14-28-52(56)64)42-32-34-62-58(36-42)48-20-8-10-30-60(48)66-62/h1-38H. The molecule has 0 amide bonds. The number of furan rings is 2. The largest absolute Gasteiger partial charge is 0.456 e. The summed E-state index contributed by atoms with van der Waals surface area (Å²) in [7, 11) is 0. The maximum atomic E-state index is 6.34. The SMILES string of the molecule is c1ccc(-c2cccc3c(-c4c5cccc(-c6ccc7oc8ccccc8c7c6)c5cc5c(-c6ccc7oc8ccccc8c7c6)cccc45)c4cccc(-c5ccccc5)c4cc23)cc1. The first-order valence-corrected chi connectivity index (χ1v) is 22.6. The van der Waals surface area contributed by atoms with Gasteiger partial charge < -0.3 is 8.83 Å². The minimum atomic E-state index is 0.890. The number of para-hydroxylation sites is 2. The molecule has 14 rings (SSSR count). The second-order valence-corrected chi connectivity index (χ2v) is 17.5. The van der Waals surface area contributed by atoms with Gasteiger partial charge in [0.25, 0.3) is 0 Å². The number of fused-ring (bicyclic) bond motifs is 10. The molecule has 66 heavy (non-hydrogen) atoms. The summed E-state index contributed by atoms with van der Waals surface area (Å²) in [5, 5.41) is 14.1. The van der Waals surface area contributed by atoms with Gasteiger partial charge in [-0.15, -0.1) is 0 Å². The van der Waals surface area contributed by atoms with Crippen LogP contribution in [0, 0.1) is 0 Å². The van der Waals surface area contributed by atoms with E-state index < -0.39 is 0 Å². The van der Waals surface area contributed by atoms with Crippen LogP contribution in [0.4, 0.5) is 0 Å². The summed E-state index contributed by atoms with van der Waals surface area (Å²) in [6.45, 7) is 0. The van der Waals surface area contributed by atoms with Gasteiger partial charge in [-0.3, -0.25) is 0 Å². The van der Waals surface area contributed by atoms with Gasteiger partial charge >= 0.3 is 0 Å². The fourth-order valence-corrected chi connectivity index (χ4v) is 10.9. The Bertz CT molecular complexity index is 4000. The van der Waals surface area contributed by atoms with Crippen LogP contribution < -0.4 is 0 Å². The molecule has 306 valence electrons. The summed E-state index contributed by atoms with van der Waals surface area (Å²) < 4.78 is 12.7. The Labute approximate surface area is 380 Å². The van der Waals surface area contributed by atoms with Crippen molar-refractivity contribution in [2.24, 2.45) is 0 Å². The molecule has 0 radical (unpaired) electrons. The average molecular weight is 839 g/mol. The fraction of sp³-hybridized carbons (Fsp3) is 0. The minimum Gasteiger partial charge on any atom is -0.456 e. The average Bonchev–Trinajstić information content (AvgIpc) is 3.95. The van der Waals surface area contributed by atoms with Crippen molar-refractivity contribution in [1.29, 1.82) is 0 Å². The Morgan fingerprint density at radius 3 is 0.894 bits per heavy atom. The summed E-state index contributed by atoms with van der Waals surface area (Å²) in [5.41, 5.74) is 15.5. The molecule has 0 bridgehead atoms. The van der Waals surface area contributed by atoms with Crippen LogP contribution in [0.2, 0.25) is 0 Å². The summed E-state index contributed by atoms with van der Waals surface area (Å²) in [4.78, 5) is 0. The van der Waals surface area contributed by atoms with Gasteiger partial charge in [0.15, 0.2) is 0 Å². The van der Waals surface area contributed by atoms with Crippen molar-refractivity contribution in [3.63, 3.8) is 0 Å². The lowest BCUT2D eigenvalue weighted by Gasteiger charge is -2.22. The molecule has 2 heterocycles. The molecule has 14 aromatic rings. The van der Waals surface area contributed by atoms with Crippen LogP contribution in [0.5, 0.6) is 0 Å². The molecule has 0 fully saturated rings. The summed E-state index contributed by atoms with van der Waals surface area (Å²) in [5.74, 6) is 0. The van der Waals surface area contributed by atoms with Crippen molar-refractivity contribution in [1.82, 2.24) is 0 Å². The second-order valence-electron chi connectivity index (χ2n) is 17.5. The Morgan fingerprint density at radius 2 is 0.500 bits per heavy atom. The van der Waals surface area contributed by atoms with E-state index in [0.717, 1.165) is 55.0 Å². The molecule has 0 N–H and O–H groups in total. The molecular weight excluding hydrogens is 801 g/mol. The van der Waals surface area contributed by atoms with Crippen molar-refractivity contribution < 1.29 is 8.83 Å². The van der Waals surface area contributed by atoms with Gasteiger partial charge in [0.2, 0.25) is 0 Å². The van der Waals surface area contributed by atoms with E-state index in [0.29, 0.717) is 0 Å². The number of hydrogen-bond donors (Lipinski definition) is 0. The topological polar surface area (TPSA) is 26.3 Å². The van der Waals surface area contributed by atoms with E-state index in [-0.39, 0.29) is 0 Å². The van der Waals surface area contributed by atoms with Gasteiger partial charge in [-0.25, -0.2) is 0 Å². The molecule has 2 aromatic heterocycles. The molecule has 0 spiro atoms. The zero-order valence-corrected chi connectivity index (χ0v) is 35.8. The number of benzene rings is 12. The molecule has 0 saturated heterocycles. The Kier molecular flexibility index (Phi) is 8.02. The first-order valence-electron chi connectivity index (χ1n) is 22.6. The maximum absolute atomic E-state index is 6.34. The highest BCUT2D eigenvalue weighted by atomic mass is 16.3. The molecule has 12 aromatic carbocycles. The molecule has 0 saturated carbocycles. The van der Waals surface area contributed by atoms with E-state index in [9.17, 15) is 0 Å². The minimum absolute atomic E-state index is 0.890. The summed E-state index contributed by atoms with van der Waals surface area (Å²) in [6.07, 6.45) is 0. The van der Waals surface area contributed by atoms with Crippen LogP contribution in [0.3, 0.4) is 0 Å². The lowest BCUT2D eigenvalue weighted by Crippen LogP contribution is -1.94. The van der Waals surface area contributed by atoms with Crippen LogP contribution in [0.15, 0.2) is 239 Å². The van der Waals surface area contributed by atoms with Gasteiger partial charge in [-0.2, -0.15) is 0 Å². The third kappa shape index (κ3) is 5.55. The van der Waals surface area contributed by atoms with Gasteiger partial charge in [0.05, 0.1) is 0 Å². The van der Waals surface area contributed by atoms with E-state index in [1.54, 1.807) is 0 Å². The van der Waals surface area contributed by atoms with Gasteiger partial charge in [-0.1, -0.05) is 182 Å². The highest BCUT2D eigenvalue weighted by molar-refractivity contribution is 6.28. The Morgan fingerprint density at radius 1 is 0.182 bits per heavy atom. The lowest BCUT2D eigenvalue weighted by atomic mass is 9.81. The molecule has 0 unspecified atom stereocenters. The van der Waals surface area contributed by atoms with Crippen molar-refractivity contribution in [2.45, 2.75) is 0 Å². The zero-order valence-electron chi connectivity index (χ0n) is 35.8. The third-order valence-corrected chi connectivity index (χ3v) is 13.9. The quantitative estimate of drug-likeness (QED) is 0.161. The van der Waals surface area contributed by atoms with Crippen molar-refractivity contribution >= 4 is 87.0 Å². The van der Waals surface area contributed by atoms with E-state index in [1.165, 1.54) is 87.6 Å². The predicted molar refractivity (Wildman–Crippen MR) is 278 cm³/mol. The summed E-state index contributed by atoms with van der Waals surface area (Å²) in [6, 6.07) is 84.0. The number of hydrogen-bond acceptors (Lipinski definition) is 2. The second kappa shape index (κ2) is 14.4. The molecule has 0 aliphatic rings. The molecule has 0 aliphatic heterocycles. The highest BCUT2D eigenvalue weighted by Crippen LogP contribution is 2.50. The van der Waals surface area contributed by atoms with Gasteiger partial charge in [-0.05, 0) is 147 Å². The zero-order chi connectivity index (χ0) is 43.3. The normalized spacial score (nSPS) is 11.9. The summed E-state index contributed by atoms with van der Waals surface area (Å²) >= 11 is 0. The molecule has 0 aliphatic carbocycles. The maximum Gasteiger partial charge on any atom is 0.135 e. The van der Waals surface area contributed by atoms with Crippen LogP contribution >= 0.6 is 0 Å². The van der Waals surface area contributed by atoms with Crippen LogP contribution in [-0.2, 0) is 0 Å². The van der Waals surface area contributed by atoms with Crippen LogP contribution in [0.1, 0.15) is 0 Å². The monoisotopic (exact) mass is 838 g/mol. The van der Waals surface area contributed by atoms with E-state index >= 15 is 0 Å². The number of rotatable bonds is 5. The molecular formula is C64H38O2. The first-order chi connectivity index (χ1) is 32.7. The molecule has 0 atom stereocenters. The molecule has 2 nitrogen and oxygen atoms in total. The Balaban J connectivity index is 1.15. The first kappa shape index (κ1) is 36.7. The Hall–Kier alpha value is -8.72. The predicted octanol–water partition coefficient (Wildman–Crippen LogP) is 18.4. The van der Waals surface area contributed by atoms with Crippen molar-refractivity contribution in [3.8, 4) is 55.6 Å². The van der Waals surface area contributed by atoms with E-state index in [1.807, 2.05) is 12.1 Å². The van der Waals surface area contributed by atoms with Crippen LogP contribution in [0.25, 0.3) is 143 Å². The van der Waals surface area contributed by atoms with E-state index in [4.69, 9.17) is 8.83 Å². The fourth-order valence-electron chi connectivity index (χ4n) is 10.9. The molecule has 2 heteroatoms. The smallest absolute Gasteiger partial charge is 0.135 e. The van der Waals surface area contributed by atoms with Crippen molar-refractivity contribution in [2.75, 3.05) is 0 Å². The van der Waals surface area contributed by atoms with E-state index in [2.05, 4.69) is 218 Å². The van der Waals surface area contributed by atoms with Crippen LogP contribution in [-0.4, -0.2) is 0 Å². The third-order valence-electron chi connectivity index (χ3n) is 13.9. The lowest BCUT2D eigenvalue weighted by molar-refractivity contribution is 0.668. The van der Waals surface area contributed by atoms with Gasteiger partial charge in [0, 0.05) is 21.5 Å². The highest BCUT2D eigenvalue weighted by Gasteiger charge is 2.23. The van der Waals surface area contributed by atoms with Crippen molar-refractivity contribution in [3.05, 3.63) is 231 Å².